The summed E-state index contributed by atoms with van der Waals surface area (Å²) in [4.78, 5) is 5.43. The van der Waals surface area contributed by atoms with Crippen LogP contribution < -0.4 is 21.6 Å². The molecule has 39 heavy (non-hydrogen) atoms. The van der Waals surface area contributed by atoms with Crippen molar-refractivity contribution in [1.29, 1.82) is 0 Å². The molecular weight excluding hydrogens is 480 g/mol. The third-order valence-electron chi connectivity index (χ3n) is 7.80. The molecule has 0 radical (unpaired) electrons. The summed E-state index contributed by atoms with van der Waals surface area (Å²) in [6.45, 7) is 8.88. The van der Waals surface area contributed by atoms with E-state index in [1.165, 1.54) is 66.3 Å². The maximum absolute atomic E-state index is 5.43. The van der Waals surface area contributed by atoms with Crippen LogP contribution in [-0.2, 0) is 4.84 Å². The van der Waals surface area contributed by atoms with Crippen LogP contribution in [-0.4, -0.2) is 27.2 Å². The number of rotatable bonds is 9. The number of nitrogens with zero attached hydrogens (tertiary/aromatic N) is 1. The first-order valence-electron chi connectivity index (χ1n) is 14.7. The molecule has 4 rings (SSSR count). The second-order valence-corrected chi connectivity index (χ2v) is 10.7. The van der Waals surface area contributed by atoms with Gasteiger partial charge in [0.25, 0.3) is 0 Å². The third kappa shape index (κ3) is 8.64. The number of hydrogen-bond acceptors (Lipinski definition) is 5. The molecule has 5 heteroatoms. The lowest BCUT2D eigenvalue weighted by Crippen LogP contribution is -2.37. The van der Waals surface area contributed by atoms with Crippen LogP contribution in [0.2, 0.25) is 0 Å². The minimum atomic E-state index is 0.420. The molecule has 0 amide bonds. The Morgan fingerprint density at radius 2 is 1.79 bits per heavy atom. The van der Waals surface area contributed by atoms with Gasteiger partial charge in [-0.1, -0.05) is 80.1 Å². The predicted molar refractivity (Wildman–Crippen MR) is 167 cm³/mol. The summed E-state index contributed by atoms with van der Waals surface area (Å²) in [5.41, 5.74) is 17.0. The topological polar surface area (TPSA) is 62.5 Å². The molecule has 1 aliphatic carbocycles. The van der Waals surface area contributed by atoms with Gasteiger partial charge in [-0.2, -0.15) is 0 Å². The highest BCUT2D eigenvalue weighted by atomic mass is 16.7. The largest absolute Gasteiger partial charge is 0.333 e. The van der Waals surface area contributed by atoms with Crippen molar-refractivity contribution in [1.82, 2.24) is 10.9 Å². The van der Waals surface area contributed by atoms with Gasteiger partial charge in [-0.3, -0.25) is 9.85 Å². The number of hydrogen-bond donors (Lipinski definition) is 3. The summed E-state index contributed by atoms with van der Waals surface area (Å²) in [5, 5.41) is 5.64. The second kappa shape index (κ2) is 16.4. The number of nitrogens with one attached hydrogen (secondary N) is 2. The lowest BCUT2D eigenvalue weighted by molar-refractivity contribution is 0.0878. The van der Waals surface area contributed by atoms with Crippen molar-refractivity contribution in [2.45, 2.75) is 77.6 Å². The molecule has 5 nitrogen and oxygen atoms in total. The number of allylic oxidation sites excluding steroid dienone is 5. The third-order valence-corrected chi connectivity index (χ3v) is 7.80. The molecule has 1 heterocycles. The van der Waals surface area contributed by atoms with Crippen molar-refractivity contribution in [2.24, 2.45) is 5.73 Å². The number of hydrazine groups is 1. The van der Waals surface area contributed by atoms with Gasteiger partial charge in [0, 0.05) is 12.1 Å². The summed E-state index contributed by atoms with van der Waals surface area (Å²) < 4.78 is 0. The molecule has 0 spiro atoms. The Morgan fingerprint density at radius 1 is 1.03 bits per heavy atom. The first kappa shape index (κ1) is 30.8. The Labute approximate surface area is 237 Å². The van der Waals surface area contributed by atoms with Gasteiger partial charge >= 0.3 is 0 Å². The van der Waals surface area contributed by atoms with Crippen molar-refractivity contribution < 1.29 is 4.84 Å². The molecule has 2 aromatic rings. The van der Waals surface area contributed by atoms with Crippen molar-refractivity contribution in [2.75, 3.05) is 32.3 Å². The van der Waals surface area contributed by atoms with Gasteiger partial charge in [-0.05, 0) is 106 Å². The molecule has 212 valence electrons. The molecule has 1 atom stereocenters. The Bertz CT molecular complexity index is 1090. The van der Waals surface area contributed by atoms with Crippen molar-refractivity contribution in [3.63, 3.8) is 0 Å². The molecule has 2 aliphatic rings. The molecule has 0 bridgehead atoms. The monoisotopic (exact) mass is 530 g/mol. The summed E-state index contributed by atoms with van der Waals surface area (Å²) in [7, 11) is 3.18. The van der Waals surface area contributed by atoms with Crippen molar-refractivity contribution in [3.8, 4) is 0 Å². The summed E-state index contributed by atoms with van der Waals surface area (Å²) in [6, 6.07) is 18.0. The zero-order chi connectivity index (χ0) is 28.0. The van der Waals surface area contributed by atoms with Gasteiger partial charge in [-0.25, -0.2) is 0 Å². The van der Waals surface area contributed by atoms with Gasteiger partial charge in [0.15, 0.2) is 0 Å². The second-order valence-electron chi connectivity index (χ2n) is 10.7. The first-order chi connectivity index (χ1) is 19.1. The van der Waals surface area contributed by atoms with E-state index in [-0.39, 0.29) is 0 Å². The zero-order valence-corrected chi connectivity index (χ0v) is 24.8. The molecule has 0 unspecified atom stereocenters. The fraction of sp³-hybridized carbons (Fsp3) is 0.471. The molecule has 0 saturated carbocycles. The highest BCUT2D eigenvalue weighted by Gasteiger charge is 2.19. The number of para-hydroxylation sites is 1. The van der Waals surface area contributed by atoms with Gasteiger partial charge in [0.1, 0.15) is 0 Å². The molecular formula is C34H50N4O. The fourth-order valence-corrected chi connectivity index (χ4v) is 5.68. The van der Waals surface area contributed by atoms with Crippen LogP contribution in [0.25, 0.3) is 5.57 Å². The lowest BCUT2D eigenvalue weighted by atomic mass is 9.90. The lowest BCUT2D eigenvalue weighted by Gasteiger charge is -2.30. The average Bonchev–Trinajstić information content (AvgIpc) is 3.40. The van der Waals surface area contributed by atoms with E-state index in [2.05, 4.69) is 109 Å². The first-order valence-corrected chi connectivity index (χ1v) is 14.7. The van der Waals surface area contributed by atoms with Gasteiger partial charge in [0.2, 0.25) is 0 Å². The predicted octanol–water partition coefficient (Wildman–Crippen LogP) is 7.60. The minimum Gasteiger partial charge on any atom is -0.333 e. The number of nitrogens with two attached hydrogens (primary N) is 1. The Hall–Kier alpha value is -2.70. The van der Waals surface area contributed by atoms with Crippen molar-refractivity contribution in [3.05, 3.63) is 94.7 Å². The van der Waals surface area contributed by atoms with E-state index in [0.29, 0.717) is 11.8 Å². The summed E-state index contributed by atoms with van der Waals surface area (Å²) >= 11 is 0. The average molecular weight is 531 g/mol. The molecule has 1 fully saturated rings. The van der Waals surface area contributed by atoms with E-state index < -0.39 is 0 Å². The van der Waals surface area contributed by atoms with E-state index in [1.807, 2.05) is 0 Å². The van der Waals surface area contributed by atoms with Crippen molar-refractivity contribution >= 4 is 11.3 Å². The SMILES string of the molecule is C/C=C(\CC1=CC=C(c2ccc([C@H]3CCCNCC3)cc2)CCC1)N(NOC)c1ccccc1C(C)C.CN. The standard InChI is InChI=1S/C33H45N3O.CH5N/c1-5-31(36(35-37-4)33-14-7-6-13-32(33)25(2)3)24-26-10-8-11-27(16-15-26)29-17-19-30(20-18-29)28-12-9-22-34-23-21-28;1-2/h5-7,13-20,25,28,34-35H,8-12,21-24H2,1-4H3;2H2,1H3/b31-5+;/t28-;/m0./s1. The van der Waals surface area contributed by atoms with Crippen LogP contribution in [0.4, 0.5) is 5.69 Å². The van der Waals surface area contributed by atoms with Gasteiger partial charge in [0.05, 0.1) is 12.8 Å². The number of anilines is 1. The minimum absolute atomic E-state index is 0.420. The summed E-state index contributed by atoms with van der Waals surface area (Å²) in [5.74, 6) is 1.12. The molecule has 4 N–H and O–H groups in total. The van der Waals surface area contributed by atoms with Crippen LogP contribution in [0, 0.1) is 0 Å². The quantitative estimate of drug-likeness (QED) is 0.291. The van der Waals surface area contributed by atoms with E-state index in [9.17, 15) is 0 Å². The Balaban J connectivity index is 0.00000205. The Morgan fingerprint density at radius 3 is 2.51 bits per heavy atom. The highest BCUT2D eigenvalue weighted by Crippen LogP contribution is 2.34. The molecule has 1 aliphatic heterocycles. The van der Waals surface area contributed by atoms with Gasteiger partial charge < -0.3 is 11.1 Å². The normalized spacial score (nSPS) is 18.3. The fourth-order valence-electron chi connectivity index (χ4n) is 5.68. The molecule has 2 aromatic carbocycles. The van der Waals surface area contributed by atoms with Crippen LogP contribution in [0.15, 0.2) is 78.0 Å². The van der Waals surface area contributed by atoms with E-state index >= 15 is 0 Å². The maximum Gasteiger partial charge on any atom is 0.0631 e. The van der Waals surface area contributed by atoms with E-state index in [0.717, 1.165) is 38.0 Å². The van der Waals surface area contributed by atoms with Crippen LogP contribution in [0.5, 0.6) is 0 Å². The smallest absolute Gasteiger partial charge is 0.0631 e. The Kier molecular flexibility index (Phi) is 13.0. The van der Waals surface area contributed by atoms with E-state index in [1.54, 1.807) is 7.11 Å². The van der Waals surface area contributed by atoms with Crippen LogP contribution >= 0.6 is 0 Å². The van der Waals surface area contributed by atoms with Crippen LogP contribution in [0.3, 0.4) is 0 Å². The molecule has 0 aromatic heterocycles. The highest BCUT2D eigenvalue weighted by molar-refractivity contribution is 5.68. The maximum atomic E-state index is 5.43. The summed E-state index contributed by atoms with van der Waals surface area (Å²) in [6.07, 6.45) is 15.0. The van der Waals surface area contributed by atoms with Gasteiger partial charge in [-0.15, -0.1) is 5.59 Å². The van der Waals surface area contributed by atoms with Crippen LogP contribution in [0.1, 0.15) is 94.2 Å². The van der Waals surface area contributed by atoms with E-state index in [4.69, 9.17) is 4.84 Å². The molecule has 1 saturated heterocycles. The zero-order valence-electron chi connectivity index (χ0n) is 24.8. The number of benzene rings is 2.